The molecule has 31 heavy (non-hydrogen) atoms. The minimum atomic E-state index is -0.788. The molecule has 0 saturated heterocycles. The van der Waals surface area contributed by atoms with Gasteiger partial charge >= 0.3 is 5.97 Å². The van der Waals surface area contributed by atoms with Gasteiger partial charge in [0.15, 0.2) is 0 Å². The first kappa shape index (κ1) is 23.3. The summed E-state index contributed by atoms with van der Waals surface area (Å²) in [4.78, 5) is 12.0. The molecule has 4 aliphatic carbocycles. The molecule has 0 heterocycles. The number of carboxylic acids is 1. The van der Waals surface area contributed by atoms with Crippen molar-refractivity contribution >= 4 is 5.97 Å². The van der Waals surface area contributed by atoms with Crippen LogP contribution < -0.4 is 0 Å². The van der Waals surface area contributed by atoms with Gasteiger partial charge in [-0.05, 0) is 91.8 Å². The van der Waals surface area contributed by atoms with Crippen LogP contribution in [0.3, 0.4) is 0 Å². The van der Waals surface area contributed by atoms with E-state index in [1.807, 2.05) is 0 Å². The maximum absolute atomic E-state index is 12.0. The second kappa shape index (κ2) is 8.50. The average Bonchev–Trinajstić information content (AvgIpc) is 3.05. The van der Waals surface area contributed by atoms with Crippen LogP contribution in [0, 0.1) is 46.3 Å². The Morgan fingerprint density at radius 2 is 1.77 bits per heavy atom. The van der Waals surface area contributed by atoms with E-state index in [1.165, 1.54) is 38.5 Å². The Hall–Kier alpha value is -0.830. The maximum atomic E-state index is 12.0. The van der Waals surface area contributed by atoms with Crippen LogP contribution in [-0.2, 0) is 4.79 Å². The third-order valence-corrected chi connectivity index (χ3v) is 10.6. The van der Waals surface area contributed by atoms with E-state index in [2.05, 4.69) is 34.6 Å². The largest absolute Gasteiger partial charge is 0.481 e. The Bertz CT molecular complexity index is 724. The minimum absolute atomic E-state index is 0.0157. The number of hydrogen-bond donors (Lipinski definition) is 2. The van der Waals surface area contributed by atoms with E-state index in [9.17, 15) is 15.0 Å². The zero-order valence-electron chi connectivity index (χ0n) is 20.6. The predicted octanol–water partition coefficient (Wildman–Crippen LogP) is 6.84. The minimum Gasteiger partial charge on any atom is -0.481 e. The SMILES string of the molecule is CC(C)CCCC(C)C1CCC2C3=C(CCC21C)C1(C)CCC(O)C(C(=O)O)C1CC3. The molecule has 8 atom stereocenters. The summed E-state index contributed by atoms with van der Waals surface area (Å²) >= 11 is 0. The molecule has 0 aromatic heterocycles. The Morgan fingerprint density at radius 3 is 2.45 bits per heavy atom. The zero-order chi connectivity index (χ0) is 22.6. The fraction of sp³-hybridized carbons (Fsp3) is 0.893. The van der Waals surface area contributed by atoms with Gasteiger partial charge in [-0.1, -0.05) is 65.0 Å². The molecule has 176 valence electrons. The monoisotopic (exact) mass is 430 g/mol. The van der Waals surface area contributed by atoms with Gasteiger partial charge in [0, 0.05) is 0 Å². The molecular formula is C28H46O3. The highest BCUT2D eigenvalue weighted by Gasteiger charge is 2.58. The molecule has 0 bridgehead atoms. The predicted molar refractivity (Wildman–Crippen MR) is 126 cm³/mol. The standard InChI is InChI=1S/C28H46O3/c1-17(2)7-6-8-18(3)20-11-12-21-19-9-10-23-25(26(30)31)24(29)14-16-28(23,5)22(19)13-15-27(20,21)4/h17-18,20-21,23-25,29H,6-16H2,1-5H3,(H,30,31). The summed E-state index contributed by atoms with van der Waals surface area (Å²) in [5.74, 6) is 1.89. The topological polar surface area (TPSA) is 57.5 Å². The number of carboxylic acid groups (broad SMARTS) is 1. The fourth-order valence-electron chi connectivity index (χ4n) is 8.92. The van der Waals surface area contributed by atoms with Gasteiger partial charge < -0.3 is 10.2 Å². The van der Waals surface area contributed by atoms with Crippen molar-refractivity contribution in [1.82, 2.24) is 0 Å². The van der Waals surface area contributed by atoms with Crippen molar-refractivity contribution in [3.05, 3.63) is 11.1 Å². The molecule has 2 saturated carbocycles. The van der Waals surface area contributed by atoms with Crippen molar-refractivity contribution in [3.8, 4) is 0 Å². The van der Waals surface area contributed by atoms with Crippen molar-refractivity contribution in [1.29, 1.82) is 0 Å². The number of fused-ring (bicyclic) bond motifs is 4. The normalized spacial score (nSPS) is 43.4. The number of carbonyl (C=O) groups is 1. The molecule has 4 rings (SSSR count). The summed E-state index contributed by atoms with van der Waals surface area (Å²) in [5.41, 5.74) is 3.76. The number of rotatable bonds is 6. The summed E-state index contributed by atoms with van der Waals surface area (Å²) in [5, 5.41) is 20.4. The number of aliphatic hydroxyl groups excluding tert-OH is 1. The summed E-state index contributed by atoms with van der Waals surface area (Å²) in [6.07, 6.45) is 12.2. The van der Waals surface area contributed by atoms with Gasteiger partial charge in [0.2, 0.25) is 0 Å². The lowest BCUT2D eigenvalue weighted by molar-refractivity contribution is -0.156. The Labute approximate surface area is 190 Å². The van der Waals surface area contributed by atoms with Gasteiger partial charge in [-0.2, -0.15) is 0 Å². The van der Waals surface area contributed by atoms with Crippen LogP contribution in [0.15, 0.2) is 11.1 Å². The fourth-order valence-corrected chi connectivity index (χ4v) is 8.92. The molecule has 3 nitrogen and oxygen atoms in total. The van der Waals surface area contributed by atoms with Gasteiger partial charge in [-0.15, -0.1) is 0 Å². The molecule has 4 aliphatic rings. The second-order valence-electron chi connectivity index (χ2n) is 12.6. The highest BCUT2D eigenvalue weighted by molar-refractivity contribution is 5.72. The van der Waals surface area contributed by atoms with Gasteiger partial charge in [-0.25, -0.2) is 0 Å². The maximum Gasteiger partial charge on any atom is 0.309 e. The van der Waals surface area contributed by atoms with Crippen LogP contribution in [0.4, 0.5) is 0 Å². The second-order valence-corrected chi connectivity index (χ2v) is 12.6. The van der Waals surface area contributed by atoms with Crippen LogP contribution in [-0.4, -0.2) is 22.3 Å². The molecule has 0 aromatic rings. The molecule has 0 radical (unpaired) electrons. The van der Waals surface area contributed by atoms with E-state index < -0.39 is 18.0 Å². The first-order valence-corrected chi connectivity index (χ1v) is 13.2. The quantitative estimate of drug-likeness (QED) is 0.453. The third kappa shape index (κ3) is 3.81. The number of hydrogen-bond acceptors (Lipinski definition) is 2. The van der Waals surface area contributed by atoms with E-state index in [0.717, 1.165) is 43.4 Å². The van der Waals surface area contributed by atoms with Crippen molar-refractivity contribution in [3.63, 3.8) is 0 Å². The summed E-state index contributed by atoms with van der Waals surface area (Å²) in [6, 6.07) is 0. The molecule has 0 aliphatic heterocycles. The average molecular weight is 431 g/mol. The highest BCUT2D eigenvalue weighted by Crippen LogP contribution is 2.66. The first-order valence-electron chi connectivity index (χ1n) is 13.2. The summed E-state index contributed by atoms with van der Waals surface area (Å²) < 4.78 is 0. The van der Waals surface area contributed by atoms with Gasteiger partial charge in [0.25, 0.3) is 0 Å². The molecule has 8 unspecified atom stereocenters. The zero-order valence-corrected chi connectivity index (χ0v) is 20.6. The highest BCUT2D eigenvalue weighted by atomic mass is 16.4. The Morgan fingerprint density at radius 1 is 1.03 bits per heavy atom. The lowest BCUT2D eigenvalue weighted by atomic mass is 9.48. The van der Waals surface area contributed by atoms with Gasteiger partial charge in [-0.3, -0.25) is 4.79 Å². The molecule has 0 spiro atoms. The van der Waals surface area contributed by atoms with Crippen molar-refractivity contribution in [2.45, 2.75) is 111 Å². The van der Waals surface area contributed by atoms with Crippen LogP contribution in [0.2, 0.25) is 0 Å². The number of aliphatic carboxylic acids is 1. The smallest absolute Gasteiger partial charge is 0.309 e. The van der Waals surface area contributed by atoms with Crippen LogP contribution in [0.5, 0.6) is 0 Å². The van der Waals surface area contributed by atoms with E-state index >= 15 is 0 Å². The molecule has 3 heteroatoms. The lowest BCUT2D eigenvalue weighted by Gasteiger charge is -2.56. The summed E-state index contributed by atoms with van der Waals surface area (Å²) in [7, 11) is 0. The molecule has 2 N–H and O–H groups in total. The van der Waals surface area contributed by atoms with E-state index in [-0.39, 0.29) is 11.3 Å². The molecule has 2 fully saturated rings. The summed E-state index contributed by atoms with van der Waals surface area (Å²) in [6.45, 7) is 12.1. The molecule has 0 aromatic carbocycles. The van der Waals surface area contributed by atoms with Gasteiger partial charge in [0.05, 0.1) is 12.0 Å². The van der Waals surface area contributed by atoms with Crippen molar-refractivity contribution in [2.75, 3.05) is 0 Å². The van der Waals surface area contributed by atoms with Crippen LogP contribution in [0.1, 0.15) is 105 Å². The van der Waals surface area contributed by atoms with Crippen molar-refractivity contribution in [2.24, 2.45) is 46.3 Å². The number of aliphatic hydroxyl groups is 1. The lowest BCUT2D eigenvalue weighted by Crippen LogP contribution is -2.51. The third-order valence-electron chi connectivity index (χ3n) is 10.6. The van der Waals surface area contributed by atoms with Crippen LogP contribution >= 0.6 is 0 Å². The van der Waals surface area contributed by atoms with E-state index in [1.54, 1.807) is 11.1 Å². The number of allylic oxidation sites excluding steroid dienone is 2. The molecular weight excluding hydrogens is 384 g/mol. The molecule has 0 amide bonds. The van der Waals surface area contributed by atoms with Crippen LogP contribution in [0.25, 0.3) is 0 Å². The Kier molecular flexibility index (Phi) is 6.40. The van der Waals surface area contributed by atoms with E-state index in [4.69, 9.17) is 0 Å². The Balaban J connectivity index is 1.57. The van der Waals surface area contributed by atoms with Crippen molar-refractivity contribution < 1.29 is 15.0 Å². The first-order chi connectivity index (χ1) is 14.6. The van der Waals surface area contributed by atoms with E-state index in [0.29, 0.717) is 17.8 Å². The van der Waals surface area contributed by atoms with Gasteiger partial charge in [0.1, 0.15) is 0 Å².